The SMILES string of the molecule is CNC(=O)N/C(C)=C/C=C(\C)C(=O)N(CC(C)=O)C(=O)OC. The zero-order chi connectivity index (χ0) is 17.3. The van der Waals surface area contributed by atoms with E-state index in [0.717, 1.165) is 7.11 Å². The van der Waals surface area contributed by atoms with Crippen molar-refractivity contribution in [2.45, 2.75) is 20.8 Å². The summed E-state index contributed by atoms with van der Waals surface area (Å²) in [5, 5.41) is 4.90. The highest BCUT2D eigenvalue weighted by atomic mass is 16.5. The average molecular weight is 311 g/mol. The summed E-state index contributed by atoms with van der Waals surface area (Å²) in [5.41, 5.74) is 0.715. The molecule has 0 unspecified atom stereocenters. The van der Waals surface area contributed by atoms with E-state index in [1.165, 1.54) is 33.0 Å². The number of methoxy groups -OCH3 is 1. The summed E-state index contributed by atoms with van der Waals surface area (Å²) in [6.07, 6.45) is 2.03. The minimum atomic E-state index is -0.905. The van der Waals surface area contributed by atoms with E-state index in [9.17, 15) is 19.2 Å². The number of Topliss-reactive ketones (excluding diaryl/α,β-unsaturated/α-hetero) is 1. The maximum Gasteiger partial charge on any atom is 0.416 e. The van der Waals surface area contributed by atoms with Crippen molar-refractivity contribution >= 4 is 23.8 Å². The Morgan fingerprint density at radius 3 is 2.14 bits per heavy atom. The summed E-state index contributed by atoms with van der Waals surface area (Å²) in [6.45, 7) is 4.02. The highest BCUT2D eigenvalue weighted by Crippen LogP contribution is 2.05. The number of hydrogen-bond acceptors (Lipinski definition) is 5. The molecule has 8 nitrogen and oxygen atoms in total. The Kier molecular flexibility index (Phi) is 8.21. The van der Waals surface area contributed by atoms with Gasteiger partial charge < -0.3 is 15.4 Å². The second-order valence-electron chi connectivity index (χ2n) is 4.47. The van der Waals surface area contributed by atoms with Gasteiger partial charge in [0, 0.05) is 18.3 Å². The van der Waals surface area contributed by atoms with Gasteiger partial charge in [-0.2, -0.15) is 0 Å². The molecule has 22 heavy (non-hydrogen) atoms. The van der Waals surface area contributed by atoms with Crippen LogP contribution >= 0.6 is 0 Å². The van der Waals surface area contributed by atoms with E-state index in [1.54, 1.807) is 6.92 Å². The number of amides is 4. The van der Waals surface area contributed by atoms with E-state index < -0.39 is 12.0 Å². The van der Waals surface area contributed by atoms with Crippen molar-refractivity contribution in [3.05, 3.63) is 23.4 Å². The fraction of sp³-hybridized carbons (Fsp3) is 0.429. The zero-order valence-corrected chi connectivity index (χ0v) is 13.4. The first-order valence-corrected chi connectivity index (χ1v) is 6.46. The number of carbonyl (C=O) groups is 4. The molecule has 0 saturated carbocycles. The molecule has 122 valence electrons. The average Bonchev–Trinajstić information content (AvgIpc) is 2.48. The van der Waals surface area contributed by atoms with Crippen molar-refractivity contribution in [2.24, 2.45) is 0 Å². The predicted octanol–water partition coefficient (Wildman–Crippen LogP) is 0.949. The van der Waals surface area contributed by atoms with Gasteiger partial charge in [0.25, 0.3) is 5.91 Å². The normalized spacial score (nSPS) is 11.5. The standard InChI is InChI=1S/C14H21N3O5/c1-9(6-7-10(2)16-13(20)15-4)12(19)17(8-11(3)18)14(21)22-5/h6-7H,8H2,1-5H3,(H2,15,16,20)/b9-6+,10-7+. The smallest absolute Gasteiger partial charge is 0.416 e. The van der Waals surface area contributed by atoms with Gasteiger partial charge in [-0.05, 0) is 26.8 Å². The van der Waals surface area contributed by atoms with E-state index in [1.807, 2.05) is 0 Å². The molecule has 0 saturated heterocycles. The maximum atomic E-state index is 12.1. The molecule has 0 aromatic heterocycles. The van der Waals surface area contributed by atoms with Crippen molar-refractivity contribution < 1.29 is 23.9 Å². The highest BCUT2D eigenvalue weighted by Gasteiger charge is 2.24. The molecule has 0 heterocycles. The van der Waals surface area contributed by atoms with Crippen LogP contribution in [0.5, 0.6) is 0 Å². The summed E-state index contributed by atoms with van der Waals surface area (Å²) in [4.78, 5) is 46.6. The van der Waals surface area contributed by atoms with Gasteiger partial charge in [-0.3, -0.25) is 9.59 Å². The molecule has 0 aliphatic rings. The molecule has 0 radical (unpaired) electrons. The van der Waals surface area contributed by atoms with Gasteiger partial charge in [0.2, 0.25) is 0 Å². The minimum Gasteiger partial charge on any atom is -0.452 e. The third kappa shape index (κ3) is 6.69. The number of nitrogens with one attached hydrogen (secondary N) is 2. The molecule has 2 N–H and O–H groups in total. The largest absolute Gasteiger partial charge is 0.452 e. The third-order valence-corrected chi connectivity index (χ3v) is 2.48. The lowest BCUT2D eigenvalue weighted by molar-refractivity contribution is -0.129. The Morgan fingerprint density at radius 1 is 1.09 bits per heavy atom. The van der Waals surface area contributed by atoms with Crippen LogP contribution in [0.15, 0.2) is 23.4 Å². The quantitative estimate of drug-likeness (QED) is 0.581. The molecule has 0 aliphatic carbocycles. The molecule has 8 heteroatoms. The maximum absolute atomic E-state index is 12.1. The van der Waals surface area contributed by atoms with Crippen LogP contribution < -0.4 is 10.6 Å². The lowest BCUT2D eigenvalue weighted by Crippen LogP contribution is -2.40. The number of nitrogens with zero attached hydrogens (tertiary/aromatic N) is 1. The molecular weight excluding hydrogens is 290 g/mol. The first kappa shape index (κ1) is 19.4. The van der Waals surface area contributed by atoms with Crippen LogP contribution in [-0.4, -0.2) is 49.4 Å². The van der Waals surface area contributed by atoms with Gasteiger partial charge in [-0.1, -0.05) is 6.08 Å². The summed E-state index contributed by atoms with van der Waals surface area (Å²) < 4.78 is 4.48. The molecule has 0 bridgehead atoms. The Hall–Kier alpha value is -2.64. The molecule has 4 amide bonds. The Labute approximate surface area is 129 Å². The molecule has 0 aliphatic heterocycles. The van der Waals surface area contributed by atoms with E-state index in [0.29, 0.717) is 10.6 Å². The van der Waals surface area contributed by atoms with Gasteiger partial charge in [0.05, 0.1) is 13.7 Å². The molecule has 0 aromatic rings. The second-order valence-corrected chi connectivity index (χ2v) is 4.47. The van der Waals surface area contributed by atoms with Gasteiger partial charge in [-0.25, -0.2) is 14.5 Å². The van der Waals surface area contributed by atoms with Crippen LogP contribution in [0.4, 0.5) is 9.59 Å². The van der Waals surface area contributed by atoms with Crippen molar-refractivity contribution in [3.63, 3.8) is 0 Å². The van der Waals surface area contributed by atoms with Crippen LogP contribution in [0, 0.1) is 0 Å². The van der Waals surface area contributed by atoms with Crippen LogP contribution in [0.25, 0.3) is 0 Å². The molecule has 0 aromatic carbocycles. The van der Waals surface area contributed by atoms with E-state index >= 15 is 0 Å². The number of allylic oxidation sites excluding steroid dienone is 3. The van der Waals surface area contributed by atoms with Gasteiger partial charge in [0.15, 0.2) is 0 Å². The number of carbonyl (C=O) groups excluding carboxylic acids is 4. The highest BCUT2D eigenvalue weighted by molar-refractivity contribution is 6.04. The van der Waals surface area contributed by atoms with E-state index in [2.05, 4.69) is 15.4 Å². The Balaban J connectivity index is 5.09. The first-order chi connectivity index (χ1) is 10.2. The fourth-order valence-electron chi connectivity index (χ4n) is 1.37. The number of rotatable bonds is 5. The number of ketones is 1. The monoisotopic (exact) mass is 311 g/mol. The third-order valence-electron chi connectivity index (χ3n) is 2.48. The molecule has 0 fully saturated rings. The van der Waals surface area contributed by atoms with E-state index in [-0.39, 0.29) is 23.9 Å². The van der Waals surface area contributed by atoms with Crippen molar-refractivity contribution in [2.75, 3.05) is 20.7 Å². The number of ether oxygens (including phenoxy) is 1. The lowest BCUT2D eigenvalue weighted by Gasteiger charge is -2.18. The van der Waals surface area contributed by atoms with Gasteiger partial charge in [0.1, 0.15) is 5.78 Å². The molecule has 0 spiro atoms. The zero-order valence-electron chi connectivity index (χ0n) is 13.4. The number of hydrogen-bond donors (Lipinski definition) is 2. The summed E-state index contributed by atoms with van der Waals surface area (Å²) in [5.74, 6) is -0.995. The van der Waals surface area contributed by atoms with E-state index in [4.69, 9.17) is 0 Å². The van der Waals surface area contributed by atoms with Gasteiger partial charge in [-0.15, -0.1) is 0 Å². The summed E-state index contributed by atoms with van der Waals surface area (Å²) in [7, 11) is 2.60. The van der Waals surface area contributed by atoms with Crippen molar-refractivity contribution in [1.82, 2.24) is 15.5 Å². The molecular formula is C14H21N3O5. The van der Waals surface area contributed by atoms with Crippen molar-refractivity contribution in [3.8, 4) is 0 Å². The minimum absolute atomic E-state index is 0.213. The first-order valence-electron chi connectivity index (χ1n) is 6.46. The van der Waals surface area contributed by atoms with Gasteiger partial charge >= 0.3 is 12.1 Å². The lowest BCUT2D eigenvalue weighted by atomic mass is 10.2. The topological polar surface area (TPSA) is 105 Å². The number of imide groups is 1. The van der Waals surface area contributed by atoms with Crippen LogP contribution in [0.3, 0.4) is 0 Å². The van der Waals surface area contributed by atoms with Crippen LogP contribution in [-0.2, 0) is 14.3 Å². The summed E-state index contributed by atoms with van der Waals surface area (Å²) in [6, 6.07) is -0.390. The second kappa shape index (κ2) is 9.32. The van der Waals surface area contributed by atoms with Crippen LogP contribution in [0.1, 0.15) is 20.8 Å². The molecule has 0 atom stereocenters. The Morgan fingerprint density at radius 2 is 1.68 bits per heavy atom. The predicted molar refractivity (Wildman–Crippen MR) is 79.9 cm³/mol. The summed E-state index contributed by atoms with van der Waals surface area (Å²) >= 11 is 0. The number of urea groups is 1. The molecule has 0 rings (SSSR count). The van der Waals surface area contributed by atoms with Crippen molar-refractivity contribution in [1.29, 1.82) is 0 Å². The fourth-order valence-corrected chi connectivity index (χ4v) is 1.37. The Bertz CT molecular complexity index is 523. The van der Waals surface area contributed by atoms with Crippen LogP contribution in [0.2, 0.25) is 0 Å².